The lowest BCUT2D eigenvalue weighted by Gasteiger charge is -2.19. The highest BCUT2D eigenvalue weighted by Gasteiger charge is 2.22. The Balaban J connectivity index is 2.14. The van der Waals surface area contributed by atoms with E-state index in [0.717, 1.165) is 5.56 Å². The summed E-state index contributed by atoms with van der Waals surface area (Å²) in [7, 11) is 0. The summed E-state index contributed by atoms with van der Waals surface area (Å²) in [5, 5.41) is 10.2. The molecule has 1 atom stereocenters. The van der Waals surface area contributed by atoms with Crippen LogP contribution in [-0.4, -0.2) is 5.11 Å². The minimum atomic E-state index is -0.816. The van der Waals surface area contributed by atoms with Crippen molar-refractivity contribution in [2.45, 2.75) is 25.4 Å². The van der Waals surface area contributed by atoms with Gasteiger partial charge in [0.05, 0.1) is 0 Å². The Kier molecular flexibility index (Phi) is 2.42. The molecule has 0 radical (unpaired) electrons. The first-order chi connectivity index (χ1) is 6.68. The number of hydrogen-bond acceptors (Lipinski definition) is 1. The first-order valence-electron chi connectivity index (χ1n) is 5.16. The Hall–Kier alpha value is -1.08. The molecule has 1 aliphatic rings. The van der Waals surface area contributed by atoms with Gasteiger partial charge in [-0.15, -0.1) is 0 Å². The van der Waals surface area contributed by atoms with Crippen LogP contribution in [0, 0.1) is 5.92 Å². The molecule has 74 valence electrons. The second-order valence-corrected chi connectivity index (χ2v) is 4.21. The Morgan fingerprint density at radius 2 is 1.93 bits per heavy atom. The fourth-order valence-electron chi connectivity index (χ4n) is 1.48. The molecule has 1 N–H and O–H groups in total. The van der Waals surface area contributed by atoms with E-state index >= 15 is 0 Å². The molecule has 0 amide bonds. The predicted octanol–water partition coefficient (Wildman–Crippen LogP) is 2.86. The largest absolute Gasteiger partial charge is 0.381 e. The van der Waals surface area contributed by atoms with Crippen molar-refractivity contribution in [1.29, 1.82) is 0 Å². The normalized spacial score (nSPS) is 21.0. The highest BCUT2D eigenvalue weighted by molar-refractivity contribution is 5.26. The summed E-state index contributed by atoms with van der Waals surface area (Å²) < 4.78 is 0. The molecule has 0 saturated heterocycles. The molecule has 1 aromatic carbocycles. The van der Waals surface area contributed by atoms with Crippen molar-refractivity contribution in [2.24, 2.45) is 5.92 Å². The number of allylic oxidation sites excluding steroid dienone is 1. The number of benzene rings is 1. The van der Waals surface area contributed by atoms with Gasteiger partial charge in [0.15, 0.2) is 0 Å². The van der Waals surface area contributed by atoms with E-state index in [2.05, 4.69) is 6.08 Å². The van der Waals surface area contributed by atoms with Crippen LogP contribution < -0.4 is 0 Å². The summed E-state index contributed by atoms with van der Waals surface area (Å²) in [4.78, 5) is 0. The van der Waals surface area contributed by atoms with E-state index in [9.17, 15) is 5.11 Å². The van der Waals surface area contributed by atoms with E-state index in [0.29, 0.717) is 5.92 Å². The Morgan fingerprint density at radius 1 is 1.29 bits per heavy atom. The van der Waals surface area contributed by atoms with Crippen molar-refractivity contribution in [3.8, 4) is 0 Å². The molecule has 0 heterocycles. The lowest BCUT2D eigenvalue weighted by Crippen LogP contribution is -2.17. The van der Waals surface area contributed by atoms with Crippen LogP contribution in [0.15, 0.2) is 42.5 Å². The quantitative estimate of drug-likeness (QED) is 0.723. The van der Waals surface area contributed by atoms with Gasteiger partial charge in [-0.2, -0.15) is 0 Å². The van der Waals surface area contributed by atoms with Crippen LogP contribution >= 0.6 is 0 Å². The zero-order valence-corrected chi connectivity index (χ0v) is 8.48. The van der Waals surface area contributed by atoms with Crippen molar-refractivity contribution in [3.05, 3.63) is 48.0 Å². The molecule has 0 bridgehead atoms. The van der Waals surface area contributed by atoms with Gasteiger partial charge >= 0.3 is 0 Å². The van der Waals surface area contributed by atoms with E-state index in [1.54, 1.807) is 0 Å². The first kappa shape index (κ1) is 9.47. The number of rotatable bonds is 3. The van der Waals surface area contributed by atoms with Crippen LogP contribution in [-0.2, 0) is 5.60 Å². The molecule has 1 saturated carbocycles. The van der Waals surface area contributed by atoms with Gasteiger partial charge in [-0.25, -0.2) is 0 Å². The van der Waals surface area contributed by atoms with Crippen molar-refractivity contribution in [2.75, 3.05) is 0 Å². The summed E-state index contributed by atoms with van der Waals surface area (Å²) in [5.74, 6) is 0.713. The smallest absolute Gasteiger partial charge is 0.105 e. The zero-order chi connectivity index (χ0) is 10.0. The maximum absolute atomic E-state index is 10.2. The monoisotopic (exact) mass is 188 g/mol. The summed E-state index contributed by atoms with van der Waals surface area (Å²) >= 11 is 0. The molecular formula is C13H16O. The van der Waals surface area contributed by atoms with Crippen molar-refractivity contribution in [3.63, 3.8) is 0 Å². The van der Waals surface area contributed by atoms with Gasteiger partial charge in [0.2, 0.25) is 0 Å². The summed E-state index contributed by atoms with van der Waals surface area (Å²) in [6.45, 7) is 1.83. The molecule has 1 nitrogen and oxygen atoms in total. The minimum absolute atomic E-state index is 0.713. The van der Waals surface area contributed by atoms with E-state index in [1.165, 1.54) is 12.8 Å². The summed E-state index contributed by atoms with van der Waals surface area (Å²) in [5.41, 5.74) is 0.140. The van der Waals surface area contributed by atoms with E-state index < -0.39 is 5.60 Å². The molecular weight excluding hydrogens is 172 g/mol. The van der Waals surface area contributed by atoms with Crippen LogP contribution in [0.5, 0.6) is 0 Å². The third-order valence-corrected chi connectivity index (χ3v) is 2.67. The topological polar surface area (TPSA) is 20.2 Å². The van der Waals surface area contributed by atoms with E-state index in [4.69, 9.17) is 0 Å². The molecule has 0 spiro atoms. The van der Waals surface area contributed by atoms with Crippen LogP contribution in [0.3, 0.4) is 0 Å². The Bertz CT molecular complexity index is 320. The van der Waals surface area contributed by atoms with Gasteiger partial charge in [-0.1, -0.05) is 42.5 Å². The predicted molar refractivity (Wildman–Crippen MR) is 57.9 cm³/mol. The maximum Gasteiger partial charge on any atom is 0.105 e. The molecule has 2 rings (SSSR count). The first-order valence-corrected chi connectivity index (χ1v) is 5.16. The molecule has 1 heteroatoms. The molecule has 14 heavy (non-hydrogen) atoms. The summed E-state index contributed by atoms with van der Waals surface area (Å²) in [6, 6.07) is 9.78. The van der Waals surface area contributed by atoms with Gasteiger partial charge in [-0.05, 0) is 31.2 Å². The standard InChI is InChI=1S/C13H16O/c1-13(14,10-9-11-7-8-11)12-5-3-2-4-6-12/h2-6,9-11,14H,7-8H2,1H3/b10-9+. The summed E-state index contributed by atoms with van der Waals surface area (Å²) in [6.07, 6.45) is 6.61. The molecule has 1 fully saturated rings. The third kappa shape index (κ3) is 2.24. The lowest BCUT2D eigenvalue weighted by atomic mass is 9.95. The third-order valence-electron chi connectivity index (χ3n) is 2.67. The van der Waals surface area contributed by atoms with Gasteiger partial charge in [0.1, 0.15) is 5.60 Å². The number of hydrogen-bond donors (Lipinski definition) is 1. The van der Waals surface area contributed by atoms with Crippen LogP contribution in [0.25, 0.3) is 0 Å². The second kappa shape index (κ2) is 3.58. The van der Waals surface area contributed by atoms with Gasteiger partial charge in [0.25, 0.3) is 0 Å². The van der Waals surface area contributed by atoms with Gasteiger partial charge in [-0.3, -0.25) is 0 Å². The highest BCUT2D eigenvalue weighted by Crippen LogP contribution is 2.32. The van der Waals surface area contributed by atoms with Crippen LogP contribution in [0.1, 0.15) is 25.3 Å². The highest BCUT2D eigenvalue weighted by atomic mass is 16.3. The van der Waals surface area contributed by atoms with Crippen molar-refractivity contribution in [1.82, 2.24) is 0 Å². The van der Waals surface area contributed by atoms with E-state index in [1.807, 2.05) is 43.3 Å². The molecule has 1 unspecified atom stereocenters. The fourth-order valence-corrected chi connectivity index (χ4v) is 1.48. The van der Waals surface area contributed by atoms with Crippen molar-refractivity contribution >= 4 is 0 Å². The lowest BCUT2D eigenvalue weighted by molar-refractivity contribution is 0.111. The van der Waals surface area contributed by atoms with Gasteiger partial charge in [0, 0.05) is 0 Å². The van der Waals surface area contributed by atoms with E-state index in [-0.39, 0.29) is 0 Å². The Labute approximate surface area is 85.1 Å². The maximum atomic E-state index is 10.2. The Morgan fingerprint density at radius 3 is 2.50 bits per heavy atom. The van der Waals surface area contributed by atoms with Crippen molar-refractivity contribution < 1.29 is 5.11 Å². The second-order valence-electron chi connectivity index (χ2n) is 4.21. The number of aliphatic hydroxyl groups is 1. The van der Waals surface area contributed by atoms with Crippen LogP contribution in [0.4, 0.5) is 0 Å². The molecule has 1 aliphatic carbocycles. The molecule has 0 aromatic heterocycles. The zero-order valence-electron chi connectivity index (χ0n) is 8.48. The molecule has 0 aliphatic heterocycles. The average Bonchev–Trinajstić information content (AvgIpc) is 3.00. The van der Waals surface area contributed by atoms with Crippen LogP contribution in [0.2, 0.25) is 0 Å². The molecule has 1 aromatic rings. The fraction of sp³-hybridized carbons (Fsp3) is 0.385. The van der Waals surface area contributed by atoms with Gasteiger partial charge < -0.3 is 5.11 Å². The SMILES string of the molecule is CC(O)(/C=C/C1CC1)c1ccccc1. The minimum Gasteiger partial charge on any atom is -0.381 e. The average molecular weight is 188 g/mol.